The summed E-state index contributed by atoms with van der Waals surface area (Å²) in [5.41, 5.74) is 5.49. The zero-order chi connectivity index (χ0) is 16.1. The number of hydrogen-bond donors (Lipinski definition) is 0. The second kappa shape index (κ2) is 7.29. The van der Waals surface area contributed by atoms with E-state index in [9.17, 15) is 5.26 Å². The van der Waals surface area contributed by atoms with Crippen molar-refractivity contribution < 1.29 is 0 Å². The summed E-state index contributed by atoms with van der Waals surface area (Å²) in [7, 11) is 0. The van der Waals surface area contributed by atoms with E-state index in [0.29, 0.717) is 0 Å². The highest BCUT2D eigenvalue weighted by Gasteiger charge is 2.15. The van der Waals surface area contributed by atoms with Gasteiger partial charge in [-0.2, -0.15) is 5.26 Å². The third-order valence-electron chi connectivity index (χ3n) is 4.88. The molecule has 1 nitrogen and oxygen atoms in total. The van der Waals surface area contributed by atoms with Gasteiger partial charge in [0.15, 0.2) is 0 Å². The Balaban J connectivity index is 1.87. The van der Waals surface area contributed by atoms with Crippen molar-refractivity contribution in [3.05, 3.63) is 71.8 Å². The molecule has 1 heteroatoms. The SMILES string of the molecule is C=CCc1ccc(-c2ccc(C3CCCCC3)cc2)c(C#N)c1. The maximum absolute atomic E-state index is 9.46. The van der Waals surface area contributed by atoms with Crippen LogP contribution < -0.4 is 0 Å². The van der Waals surface area contributed by atoms with Gasteiger partial charge in [0, 0.05) is 0 Å². The minimum Gasteiger partial charge on any atom is -0.192 e. The first kappa shape index (κ1) is 15.6. The largest absolute Gasteiger partial charge is 0.192 e. The molecule has 0 unspecified atom stereocenters. The first-order chi connectivity index (χ1) is 11.3. The van der Waals surface area contributed by atoms with E-state index >= 15 is 0 Å². The highest BCUT2D eigenvalue weighted by molar-refractivity contribution is 5.71. The summed E-state index contributed by atoms with van der Waals surface area (Å²) in [4.78, 5) is 0. The third kappa shape index (κ3) is 3.54. The number of allylic oxidation sites excluding steroid dienone is 1. The van der Waals surface area contributed by atoms with E-state index < -0.39 is 0 Å². The number of nitriles is 1. The molecule has 2 aromatic rings. The predicted octanol–water partition coefficient (Wildman–Crippen LogP) is 6.00. The molecule has 116 valence electrons. The molecular formula is C22H23N. The van der Waals surface area contributed by atoms with Crippen LogP contribution in [0.1, 0.15) is 54.7 Å². The van der Waals surface area contributed by atoms with Crippen LogP contribution >= 0.6 is 0 Å². The summed E-state index contributed by atoms with van der Waals surface area (Å²) in [5, 5.41) is 9.46. The lowest BCUT2D eigenvalue weighted by molar-refractivity contribution is 0.443. The summed E-state index contributed by atoms with van der Waals surface area (Å²) < 4.78 is 0. The Hall–Kier alpha value is -2.33. The van der Waals surface area contributed by atoms with Crippen molar-refractivity contribution >= 4 is 0 Å². The van der Waals surface area contributed by atoms with Crippen LogP contribution in [0.4, 0.5) is 0 Å². The Morgan fingerprint density at radius 1 is 1.04 bits per heavy atom. The molecule has 0 bridgehead atoms. The van der Waals surface area contributed by atoms with Crippen LogP contribution in [-0.2, 0) is 6.42 Å². The average Bonchev–Trinajstić information content (AvgIpc) is 2.63. The van der Waals surface area contributed by atoms with Gasteiger partial charge >= 0.3 is 0 Å². The molecule has 0 amide bonds. The highest BCUT2D eigenvalue weighted by atomic mass is 14.3. The van der Waals surface area contributed by atoms with E-state index in [0.717, 1.165) is 34.6 Å². The van der Waals surface area contributed by atoms with Crippen molar-refractivity contribution in [1.82, 2.24) is 0 Å². The lowest BCUT2D eigenvalue weighted by atomic mass is 9.83. The normalized spacial score (nSPS) is 15.1. The first-order valence-electron chi connectivity index (χ1n) is 8.56. The molecule has 1 saturated carbocycles. The fourth-order valence-corrected chi connectivity index (χ4v) is 3.60. The summed E-state index contributed by atoms with van der Waals surface area (Å²) in [6, 6.07) is 17.3. The summed E-state index contributed by atoms with van der Waals surface area (Å²) in [6.07, 6.45) is 9.41. The van der Waals surface area contributed by atoms with E-state index in [-0.39, 0.29) is 0 Å². The average molecular weight is 301 g/mol. The third-order valence-corrected chi connectivity index (χ3v) is 4.88. The smallest absolute Gasteiger partial charge is 0.0998 e. The molecule has 0 radical (unpaired) electrons. The molecule has 2 aromatic carbocycles. The van der Waals surface area contributed by atoms with Gasteiger partial charge in [-0.15, -0.1) is 6.58 Å². The van der Waals surface area contributed by atoms with Crippen LogP contribution in [-0.4, -0.2) is 0 Å². The van der Waals surface area contributed by atoms with Crippen LogP contribution in [0.5, 0.6) is 0 Å². The van der Waals surface area contributed by atoms with Crippen LogP contribution in [0.2, 0.25) is 0 Å². The molecule has 0 heterocycles. The molecule has 1 fully saturated rings. The van der Waals surface area contributed by atoms with Crippen LogP contribution in [0.15, 0.2) is 55.1 Å². The van der Waals surface area contributed by atoms with Gasteiger partial charge < -0.3 is 0 Å². The zero-order valence-electron chi connectivity index (χ0n) is 13.6. The Kier molecular flexibility index (Phi) is 4.93. The van der Waals surface area contributed by atoms with Crippen LogP contribution in [0.3, 0.4) is 0 Å². The molecule has 0 atom stereocenters. The Labute approximate surface area is 139 Å². The molecule has 0 saturated heterocycles. The van der Waals surface area contributed by atoms with E-state index in [1.165, 1.54) is 37.7 Å². The first-order valence-corrected chi connectivity index (χ1v) is 8.56. The molecule has 23 heavy (non-hydrogen) atoms. The maximum Gasteiger partial charge on any atom is 0.0998 e. The molecule has 0 aliphatic heterocycles. The highest BCUT2D eigenvalue weighted by Crippen LogP contribution is 2.34. The van der Waals surface area contributed by atoms with Crippen molar-refractivity contribution in [3.63, 3.8) is 0 Å². The lowest BCUT2D eigenvalue weighted by Crippen LogP contribution is -2.04. The van der Waals surface area contributed by atoms with Crippen molar-refractivity contribution in [1.29, 1.82) is 5.26 Å². The molecule has 0 aromatic heterocycles. The predicted molar refractivity (Wildman–Crippen MR) is 96.3 cm³/mol. The standard InChI is InChI=1S/C22H23N/c1-2-6-17-9-14-22(21(15-17)16-23)20-12-10-19(11-13-20)18-7-4-3-5-8-18/h2,9-15,18H,1,3-8H2. The van der Waals surface area contributed by atoms with E-state index in [4.69, 9.17) is 0 Å². The zero-order valence-corrected chi connectivity index (χ0v) is 13.6. The number of rotatable bonds is 4. The van der Waals surface area contributed by atoms with Crippen LogP contribution in [0, 0.1) is 11.3 Å². The fourth-order valence-electron chi connectivity index (χ4n) is 3.60. The maximum atomic E-state index is 9.46. The molecular weight excluding hydrogens is 278 g/mol. The van der Waals surface area contributed by atoms with Gasteiger partial charge in [-0.3, -0.25) is 0 Å². The summed E-state index contributed by atoms with van der Waals surface area (Å²) >= 11 is 0. The van der Waals surface area contributed by atoms with Gasteiger partial charge in [0.05, 0.1) is 11.6 Å². The van der Waals surface area contributed by atoms with E-state index in [2.05, 4.69) is 49.0 Å². The minimum absolute atomic E-state index is 0.725. The fraction of sp³-hybridized carbons (Fsp3) is 0.318. The molecule has 1 aliphatic carbocycles. The number of hydrogen-bond acceptors (Lipinski definition) is 1. The lowest BCUT2D eigenvalue weighted by Gasteiger charge is -2.22. The van der Waals surface area contributed by atoms with Gasteiger partial charge in [-0.05, 0) is 53.5 Å². The molecule has 1 aliphatic rings. The Morgan fingerprint density at radius 2 is 1.78 bits per heavy atom. The second-order valence-electron chi connectivity index (χ2n) is 6.44. The quantitative estimate of drug-likeness (QED) is 0.635. The number of benzene rings is 2. The van der Waals surface area contributed by atoms with Gasteiger partial charge in [0.25, 0.3) is 0 Å². The van der Waals surface area contributed by atoms with Gasteiger partial charge in [0.2, 0.25) is 0 Å². The number of nitrogens with zero attached hydrogens (tertiary/aromatic N) is 1. The Bertz CT molecular complexity index is 713. The topological polar surface area (TPSA) is 23.8 Å². The molecule has 0 spiro atoms. The van der Waals surface area contributed by atoms with E-state index in [1.807, 2.05) is 12.1 Å². The summed E-state index contributed by atoms with van der Waals surface area (Å²) in [5.74, 6) is 0.725. The Morgan fingerprint density at radius 3 is 2.43 bits per heavy atom. The van der Waals surface area contributed by atoms with Crippen molar-refractivity contribution in [2.45, 2.75) is 44.4 Å². The van der Waals surface area contributed by atoms with Gasteiger partial charge in [-0.25, -0.2) is 0 Å². The van der Waals surface area contributed by atoms with Crippen molar-refractivity contribution in [2.75, 3.05) is 0 Å². The van der Waals surface area contributed by atoms with Crippen LogP contribution in [0.25, 0.3) is 11.1 Å². The van der Waals surface area contributed by atoms with Gasteiger partial charge in [0.1, 0.15) is 0 Å². The minimum atomic E-state index is 0.725. The van der Waals surface area contributed by atoms with Crippen molar-refractivity contribution in [3.8, 4) is 17.2 Å². The molecule has 0 N–H and O–H groups in total. The molecule has 3 rings (SSSR count). The van der Waals surface area contributed by atoms with Crippen molar-refractivity contribution in [2.24, 2.45) is 0 Å². The monoisotopic (exact) mass is 301 g/mol. The second-order valence-corrected chi connectivity index (χ2v) is 6.44. The summed E-state index contributed by atoms with van der Waals surface area (Å²) in [6.45, 7) is 3.76. The van der Waals surface area contributed by atoms with E-state index in [1.54, 1.807) is 0 Å². The van der Waals surface area contributed by atoms with Gasteiger partial charge in [-0.1, -0.05) is 61.7 Å².